The van der Waals surface area contributed by atoms with E-state index in [2.05, 4.69) is 9.97 Å². The normalized spacial score (nSPS) is 12.4. The third-order valence-electron chi connectivity index (χ3n) is 4.41. The molecule has 0 spiro atoms. The summed E-state index contributed by atoms with van der Waals surface area (Å²) in [6.07, 6.45) is -1.39. The largest absolute Gasteiger partial charge is 0.465 e. The molecule has 0 aliphatic rings. The number of carboxylic acid groups (broad SMARTS) is 1. The zero-order chi connectivity index (χ0) is 21.2. The van der Waals surface area contributed by atoms with Crippen LogP contribution in [0.15, 0.2) is 61.2 Å². The second kappa shape index (κ2) is 8.08. The van der Waals surface area contributed by atoms with E-state index < -0.39 is 28.9 Å². The molecule has 3 aromatic rings. The summed E-state index contributed by atoms with van der Waals surface area (Å²) in [5.74, 6) is 0. The SMILES string of the molecule is CC(c1ccc(-c2cncnc2)cc1)N(C(=O)O)c1ccc(Cl)c(C(F)(F)F)c1. The Labute approximate surface area is 169 Å². The molecule has 1 amide bonds. The average Bonchev–Trinajstić information content (AvgIpc) is 2.69. The maximum Gasteiger partial charge on any atom is 0.417 e. The summed E-state index contributed by atoms with van der Waals surface area (Å²) in [7, 11) is 0. The van der Waals surface area contributed by atoms with E-state index in [1.807, 2.05) is 0 Å². The van der Waals surface area contributed by atoms with Crippen molar-refractivity contribution in [3.8, 4) is 11.1 Å². The predicted octanol–water partition coefficient (Wildman–Crippen LogP) is 6.06. The average molecular weight is 422 g/mol. The lowest BCUT2D eigenvalue weighted by Gasteiger charge is -2.28. The van der Waals surface area contributed by atoms with Crippen LogP contribution in [0.1, 0.15) is 24.1 Å². The summed E-state index contributed by atoms with van der Waals surface area (Å²) >= 11 is 5.64. The van der Waals surface area contributed by atoms with Gasteiger partial charge in [-0.2, -0.15) is 13.2 Å². The fourth-order valence-electron chi connectivity index (χ4n) is 2.93. The maximum atomic E-state index is 13.2. The molecule has 0 bridgehead atoms. The second-order valence-corrected chi connectivity index (χ2v) is 6.65. The van der Waals surface area contributed by atoms with Crippen LogP contribution < -0.4 is 4.90 Å². The summed E-state index contributed by atoms with van der Waals surface area (Å²) < 4.78 is 39.5. The van der Waals surface area contributed by atoms with Crippen LogP contribution in [0, 0.1) is 0 Å². The van der Waals surface area contributed by atoms with Crippen molar-refractivity contribution in [1.29, 1.82) is 0 Å². The monoisotopic (exact) mass is 421 g/mol. The highest BCUT2D eigenvalue weighted by molar-refractivity contribution is 6.31. The van der Waals surface area contributed by atoms with Gasteiger partial charge < -0.3 is 5.11 Å². The van der Waals surface area contributed by atoms with Crippen LogP contribution in [-0.2, 0) is 6.18 Å². The van der Waals surface area contributed by atoms with E-state index in [0.717, 1.165) is 28.2 Å². The van der Waals surface area contributed by atoms with Crippen LogP contribution >= 0.6 is 11.6 Å². The molecule has 1 heterocycles. The van der Waals surface area contributed by atoms with Gasteiger partial charge in [0.2, 0.25) is 0 Å². The third-order valence-corrected chi connectivity index (χ3v) is 4.74. The van der Waals surface area contributed by atoms with Crippen LogP contribution in [0.2, 0.25) is 5.02 Å². The number of benzene rings is 2. The summed E-state index contributed by atoms with van der Waals surface area (Å²) in [6, 6.07) is 9.26. The standard InChI is InChI=1S/C20H15ClF3N3O2/c1-12(13-2-4-14(5-3-13)15-9-25-11-26-10-15)27(19(28)29)16-6-7-18(21)17(8-16)20(22,23)24/h2-12H,1H3,(H,28,29). The highest BCUT2D eigenvalue weighted by Crippen LogP contribution is 2.38. The molecule has 1 aromatic heterocycles. The molecule has 2 aromatic carbocycles. The number of halogens is 4. The Hall–Kier alpha value is -3.13. The Morgan fingerprint density at radius 3 is 2.24 bits per heavy atom. The van der Waals surface area contributed by atoms with Crippen LogP contribution in [0.3, 0.4) is 0 Å². The molecular formula is C20H15ClF3N3O2. The fourth-order valence-corrected chi connectivity index (χ4v) is 3.16. The molecular weight excluding hydrogens is 407 g/mol. The van der Waals surface area contributed by atoms with E-state index in [-0.39, 0.29) is 5.69 Å². The van der Waals surface area contributed by atoms with Gasteiger partial charge in [-0.3, -0.25) is 4.90 Å². The van der Waals surface area contributed by atoms with Gasteiger partial charge in [-0.05, 0) is 36.2 Å². The number of carbonyl (C=O) groups is 1. The minimum absolute atomic E-state index is 0.123. The van der Waals surface area contributed by atoms with Crippen molar-refractivity contribution < 1.29 is 23.1 Å². The number of aromatic nitrogens is 2. The van der Waals surface area contributed by atoms with Crippen molar-refractivity contribution in [2.75, 3.05) is 4.90 Å². The first-order valence-electron chi connectivity index (χ1n) is 8.42. The first-order valence-corrected chi connectivity index (χ1v) is 8.80. The van der Waals surface area contributed by atoms with Crippen molar-refractivity contribution in [2.45, 2.75) is 19.1 Å². The minimum atomic E-state index is -4.69. The topological polar surface area (TPSA) is 66.3 Å². The lowest BCUT2D eigenvalue weighted by molar-refractivity contribution is -0.137. The van der Waals surface area contributed by atoms with Gasteiger partial charge in [0.1, 0.15) is 6.33 Å². The Morgan fingerprint density at radius 2 is 1.69 bits per heavy atom. The van der Waals surface area contributed by atoms with E-state index in [0.29, 0.717) is 5.56 Å². The minimum Gasteiger partial charge on any atom is -0.465 e. The van der Waals surface area contributed by atoms with E-state index in [1.54, 1.807) is 43.6 Å². The van der Waals surface area contributed by atoms with Crippen LogP contribution in [0.25, 0.3) is 11.1 Å². The first kappa shape index (κ1) is 20.6. The maximum absolute atomic E-state index is 13.2. The van der Waals surface area contributed by atoms with E-state index in [9.17, 15) is 23.1 Å². The number of hydrogen-bond acceptors (Lipinski definition) is 3. The smallest absolute Gasteiger partial charge is 0.417 e. The first-order chi connectivity index (χ1) is 13.7. The molecule has 0 aliphatic carbocycles. The molecule has 1 atom stereocenters. The summed E-state index contributed by atoms with van der Waals surface area (Å²) in [6.45, 7) is 1.59. The van der Waals surface area contributed by atoms with Crippen molar-refractivity contribution in [3.63, 3.8) is 0 Å². The molecule has 150 valence electrons. The molecule has 29 heavy (non-hydrogen) atoms. The number of hydrogen-bond donors (Lipinski definition) is 1. The van der Waals surface area contributed by atoms with E-state index in [1.165, 1.54) is 12.4 Å². The van der Waals surface area contributed by atoms with Gasteiger partial charge in [0.15, 0.2) is 0 Å². The Balaban J connectivity index is 1.95. The van der Waals surface area contributed by atoms with Crippen LogP contribution in [0.4, 0.5) is 23.7 Å². The van der Waals surface area contributed by atoms with Gasteiger partial charge in [0, 0.05) is 23.6 Å². The van der Waals surface area contributed by atoms with Crippen LogP contribution in [0.5, 0.6) is 0 Å². The molecule has 0 aliphatic heterocycles. The van der Waals surface area contributed by atoms with Crippen LogP contribution in [-0.4, -0.2) is 21.2 Å². The molecule has 3 rings (SSSR count). The molecule has 9 heteroatoms. The number of anilines is 1. The van der Waals surface area contributed by atoms with Crippen molar-refractivity contribution in [1.82, 2.24) is 9.97 Å². The Kier molecular flexibility index (Phi) is 5.74. The molecule has 0 saturated heterocycles. The number of amides is 1. The van der Waals surface area contributed by atoms with Crippen molar-refractivity contribution in [3.05, 3.63) is 77.3 Å². The van der Waals surface area contributed by atoms with Gasteiger partial charge in [0.25, 0.3) is 0 Å². The highest BCUT2D eigenvalue weighted by Gasteiger charge is 2.35. The lowest BCUT2D eigenvalue weighted by atomic mass is 10.0. The third kappa shape index (κ3) is 4.48. The van der Waals surface area contributed by atoms with Crippen molar-refractivity contribution in [2.24, 2.45) is 0 Å². The van der Waals surface area contributed by atoms with Gasteiger partial charge in [-0.25, -0.2) is 14.8 Å². The molecule has 1 N–H and O–H groups in total. The molecule has 1 unspecified atom stereocenters. The quantitative estimate of drug-likeness (QED) is 0.556. The summed E-state index contributed by atoms with van der Waals surface area (Å²) in [5, 5.41) is 9.16. The van der Waals surface area contributed by atoms with Gasteiger partial charge in [-0.15, -0.1) is 0 Å². The zero-order valence-electron chi connectivity index (χ0n) is 15.1. The highest BCUT2D eigenvalue weighted by atomic mass is 35.5. The predicted molar refractivity (Wildman–Crippen MR) is 103 cm³/mol. The Bertz CT molecular complexity index is 1010. The van der Waals surface area contributed by atoms with Crippen molar-refractivity contribution >= 4 is 23.4 Å². The molecule has 0 fully saturated rings. The molecule has 0 saturated carbocycles. The summed E-state index contributed by atoms with van der Waals surface area (Å²) in [5.41, 5.74) is 1.01. The second-order valence-electron chi connectivity index (χ2n) is 6.24. The van der Waals surface area contributed by atoms with Gasteiger partial charge in [-0.1, -0.05) is 35.9 Å². The molecule has 5 nitrogen and oxygen atoms in total. The van der Waals surface area contributed by atoms with E-state index >= 15 is 0 Å². The van der Waals surface area contributed by atoms with E-state index in [4.69, 9.17) is 11.6 Å². The number of nitrogens with zero attached hydrogens (tertiary/aromatic N) is 3. The Morgan fingerprint density at radius 1 is 1.07 bits per heavy atom. The lowest BCUT2D eigenvalue weighted by Crippen LogP contribution is -2.32. The molecule has 0 radical (unpaired) electrons. The zero-order valence-corrected chi connectivity index (χ0v) is 15.8. The number of rotatable bonds is 4. The summed E-state index contributed by atoms with van der Waals surface area (Å²) in [4.78, 5) is 20.6. The van der Waals surface area contributed by atoms with Gasteiger partial charge >= 0.3 is 12.3 Å². The number of alkyl halides is 3. The fraction of sp³-hybridized carbons (Fsp3) is 0.150. The van der Waals surface area contributed by atoms with Gasteiger partial charge in [0.05, 0.1) is 16.6 Å².